The summed E-state index contributed by atoms with van der Waals surface area (Å²) in [4.78, 5) is 35.2. The van der Waals surface area contributed by atoms with Gasteiger partial charge >= 0.3 is 11.7 Å². The van der Waals surface area contributed by atoms with Crippen LogP contribution in [-0.2, 0) is 11.3 Å². The number of benzene rings is 1. The molecular weight excluding hydrogens is 414 g/mol. The van der Waals surface area contributed by atoms with Crippen LogP contribution < -0.4 is 10.6 Å². The quantitative estimate of drug-likeness (QED) is 0.198. The lowest BCUT2D eigenvalue weighted by Gasteiger charge is -2.11. The van der Waals surface area contributed by atoms with Gasteiger partial charge < -0.3 is 19.9 Å². The molecule has 2 heterocycles. The van der Waals surface area contributed by atoms with Gasteiger partial charge in [-0.05, 0) is 36.6 Å². The van der Waals surface area contributed by atoms with Crippen molar-refractivity contribution >= 4 is 29.0 Å². The number of nitrogens with zero attached hydrogens (tertiary/aromatic N) is 5. The number of ether oxygens (including phenoxy) is 1. The molecule has 0 radical (unpaired) electrons. The normalized spacial score (nSPS) is 10.7. The number of rotatable bonds is 11. The number of nitro groups is 1. The molecule has 0 fully saturated rings. The van der Waals surface area contributed by atoms with Crippen LogP contribution in [0.3, 0.4) is 0 Å². The van der Waals surface area contributed by atoms with Crippen LogP contribution in [0.5, 0.6) is 0 Å². The number of hydrogen-bond donors (Lipinski definition) is 2. The van der Waals surface area contributed by atoms with E-state index in [1.807, 2.05) is 24.6 Å². The van der Waals surface area contributed by atoms with Crippen molar-refractivity contribution in [1.29, 1.82) is 0 Å². The molecule has 168 valence electrons. The number of imidazole rings is 1. The van der Waals surface area contributed by atoms with E-state index in [2.05, 4.69) is 25.6 Å². The molecular formula is C21H25N7O4. The largest absolute Gasteiger partial charge is 0.462 e. The molecule has 0 unspecified atom stereocenters. The minimum absolute atomic E-state index is 0.0530. The zero-order valence-electron chi connectivity index (χ0n) is 17.9. The smallest absolute Gasteiger partial charge is 0.353 e. The summed E-state index contributed by atoms with van der Waals surface area (Å²) in [6.45, 7) is 5.46. The van der Waals surface area contributed by atoms with Gasteiger partial charge in [0.2, 0.25) is 11.6 Å². The fraction of sp³-hybridized carbons (Fsp3) is 0.333. The maximum atomic E-state index is 12.0. The Labute approximate surface area is 185 Å². The molecule has 0 saturated heterocycles. The molecule has 3 aromatic rings. The molecule has 0 aliphatic rings. The average Bonchev–Trinajstić information content (AvgIpc) is 3.29. The molecule has 2 N–H and O–H groups in total. The van der Waals surface area contributed by atoms with Gasteiger partial charge in [0.25, 0.3) is 0 Å². The lowest BCUT2D eigenvalue weighted by molar-refractivity contribution is -0.383. The standard InChI is InChI=1S/C21H25N7O4/c1-15(2)12-32-21(29)16-4-6-17(7-5-16)26-20-18(28(30)31)19(24-13-25-20)23-8-3-10-27-11-9-22-14-27/h4-7,9,11,13-15H,3,8,10,12H2,1-2H3,(H2,23,24,25,26). The molecule has 0 aliphatic carbocycles. The monoisotopic (exact) mass is 439 g/mol. The number of hydrogen-bond acceptors (Lipinski definition) is 9. The van der Waals surface area contributed by atoms with Crippen LogP contribution in [-0.4, -0.2) is 43.6 Å². The Morgan fingerprint density at radius 1 is 1.22 bits per heavy atom. The fourth-order valence-corrected chi connectivity index (χ4v) is 2.81. The molecule has 3 rings (SSSR count). The number of carbonyl (C=O) groups is 1. The van der Waals surface area contributed by atoms with E-state index in [9.17, 15) is 14.9 Å². The molecule has 2 aromatic heterocycles. The third-order valence-corrected chi connectivity index (χ3v) is 4.38. The van der Waals surface area contributed by atoms with Gasteiger partial charge in [0.05, 0.1) is 23.4 Å². The fourth-order valence-electron chi connectivity index (χ4n) is 2.81. The third-order valence-electron chi connectivity index (χ3n) is 4.38. The first-order valence-electron chi connectivity index (χ1n) is 10.2. The SMILES string of the molecule is CC(C)COC(=O)c1ccc(Nc2ncnc(NCCCn3ccnc3)c2[N+](=O)[O-])cc1. The van der Waals surface area contributed by atoms with Crippen LogP contribution in [0.25, 0.3) is 0 Å². The summed E-state index contributed by atoms with van der Waals surface area (Å²) < 4.78 is 7.12. The maximum absolute atomic E-state index is 12.0. The van der Waals surface area contributed by atoms with Crippen molar-refractivity contribution in [2.45, 2.75) is 26.8 Å². The summed E-state index contributed by atoms with van der Waals surface area (Å²) in [7, 11) is 0. The van der Waals surface area contributed by atoms with E-state index in [4.69, 9.17) is 4.74 Å². The van der Waals surface area contributed by atoms with Crippen molar-refractivity contribution < 1.29 is 14.5 Å². The minimum atomic E-state index is -0.530. The van der Waals surface area contributed by atoms with Gasteiger partial charge in [-0.2, -0.15) is 0 Å². The van der Waals surface area contributed by atoms with Crippen LogP contribution >= 0.6 is 0 Å². The first-order chi connectivity index (χ1) is 15.4. The van der Waals surface area contributed by atoms with E-state index in [1.54, 1.807) is 36.8 Å². The van der Waals surface area contributed by atoms with E-state index in [0.29, 0.717) is 24.4 Å². The first kappa shape index (κ1) is 22.7. The van der Waals surface area contributed by atoms with Gasteiger partial charge in [-0.1, -0.05) is 13.8 Å². The Bertz CT molecular complexity index is 1040. The molecule has 0 amide bonds. The molecule has 11 nitrogen and oxygen atoms in total. The molecule has 0 saturated carbocycles. The highest BCUT2D eigenvalue weighted by Gasteiger charge is 2.23. The molecule has 11 heteroatoms. The van der Waals surface area contributed by atoms with Crippen molar-refractivity contribution in [3.63, 3.8) is 0 Å². The van der Waals surface area contributed by atoms with Gasteiger partial charge in [0.1, 0.15) is 6.33 Å². The minimum Gasteiger partial charge on any atom is -0.462 e. The Balaban J connectivity index is 1.66. The second-order valence-electron chi connectivity index (χ2n) is 7.45. The van der Waals surface area contributed by atoms with Crippen LogP contribution in [0, 0.1) is 16.0 Å². The Morgan fingerprint density at radius 3 is 2.62 bits per heavy atom. The van der Waals surface area contributed by atoms with Gasteiger partial charge in [0, 0.05) is 31.2 Å². The topological polar surface area (TPSA) is 137 Å². The van der Waals surface area contributed by atoms with Crippen LogP contribution in [0.1, 0.15) is 30.6 Å². The Kier molecular flexibility index (Phi) is 7.68. The first-order valence-corrected chi connectivity index (χ1v) is 10.2. The Morgan fingerprint density at radius 2 is 1.97 bits per heavy atom. The van der Waals surface area contributed by atoms with E-state index in [0.717, 1.165) is 13.0 Å². The number of nitrogens with one attached hydrogen (secondary N) is 2. The molecule has 0 atom stereocenters. The summed E-state index contributed by atoms with van der Waals surface area (Å²) in [5.74, 6) is 0.0108. The number of aromatic nitrogens is 4. The van der Waals surface area contributed by atoms with Crippen LogP contribution in [0.4, 0.5) is 23.0 Å². The van der Waals surface area contributed by atoms with E-state index >= 15 is 0 Å². The summed E-state index contributed by atoms with van der Waals surface area (Å²) in [5, 5.41) is 17.6. The summed E-state index contributed by atoms with van der Waals surface area (Å²) >= 11 is 0. The van der Waals surface area contributed by atoms with Gasteiger partial charge in [-0.15, -0.1) is 0 Å². The number of carbonyl (C=O) groups excluding carboxylic acids is 1. The second kappa shape index (κ2) is 10.8. The summed E-state index contributed by atoms with van der Waals surface area (Å²) in [6.07, 6.45) is 7.25. The van der Waals surface area contributed by atoms with E-state index in [1.165, 1.54) is 6.33 Å². The van der Waals surface area contributed by atoms with Gasteiger partial charge in [0.15, 0.2) is 0 Å². The summed E-state index contributed by atoms with van der Waals surface area (Å²) in [5.41, 5.74) is 0.683. The van der Waals surface area contributed by atoms with E-state index < -0.39 is 10.9 Å². The third kappa shape index (κ3) is 6.24. The lowest BCUT2D eigenvalue weighted by Crippen LogP contribution is -2.11. The van der Waals surface area contributed by atoms with Crippen molar-refractivity contribution in [3.8, 4) is 0 Å². The highest BCUT2D eigenvalue weighted by atomic mass is 16.6. The van der Waals surface area contributed by atoms with Gasteiger partial charge in [-0.3, -0.25) is 10.1 Å². The number of anilines is 3. The van der Waals surface area contributed by atoms with Gasteiger partial charge in [-0.25, -0.2) is 19.7 Å². The second-order valence-corrected chi connectivity index (χ2v) is 7.45. The molecule has 1 aromatic carbocycles. The molecule has 0 bridgehead atoms. The van der Waals surface area contributed by atoms with Crippen LogP contribution in [0.15, 0.2) is 49.3 Å². The van der Waals surface area contributed by atoms with Crippen molar-refractivity contribution in [3.05, 3.63) is 65.0 Å². The molecule has 32 heavy (non-hydrogen) atoms. The lowest BCUT2D eigenvalue weighted by atomic mass is 10.2. The molecule has 0 aliphatic heterocycles. The zero-order valence-corrected chi connectivity index (χ0v) is 17.9. The van der Waals surface area contributed by atoms with Crippen molar-refractivity contribution in [2.75, 3.05) is 23.8 Å². The number of esters is 1. The number of aryl methyl sites for hydroxylation is 1. The zero-order chi connectivity index (χ0) is 22.9. The summed E-state index contributed by atoms with van der Waals surface area (Å²) in [6, 6.07) is 6.45. The Hall–Kier alpha value is -4.02. The van der Waals surface area contributed by atoms with Crippen LogP contribution in [0.2, 0.25) is 0 Å². The van der Waals surface area contributed by atoms with Crippen molar-refractivity contribution in [2.24, 2.45) is 5.92 Å². The molecule has 0 spiro atoms. The average molecular weight is 439 g/mol. The highest BCUT2D eigenvalue weighted by Crippen LogP contribution is 2.31. The van der Waals surface area contributed by atoms with E-state index in [-0.39, 0.29) is 23.2 Å². The predicted molar refractivity (Wildman–Crippen MR) is 119 cm³/mol. The maximum Gasteiger partial charge on any atom is 0.353 e. The predicted octanol–water partition coefficient (Wildman–Crippen LogP) is 3.64. The van der Waals surface area contributed by atoms with Crippen molar-refractivity contribution in [1.82, 2.24) is 19.5 Å². The highest BCUT2D eigenvalue weighted by molar-refractivity contribution is 5.90.